The molecule has 3 aromatic rings. The number of rotatable bonds is 5. The van der Waals surface area contributed by atoms with Crippen molar-refractivity contribution in [3.05, 3.63) is 69.6 Å². The summed E-state index contributed by atoms with van der Waals surface area (Å²) in [6.07, 6.45) is 3.33. The van der Waals surface area contributed by atoms with Crippen molar-refractivity contribution in [3.63, 3.8) is 0 Å². The zero-order chi connectivity index (χ0) is 17.3. The molecular weight excluding hydrogens is 356 g/mol. The molecule has 3 rings (SSSR count). The number of sulfonamides is 1. The number of pyridine rings is 1. The normalized spacial score (nSPS) is 11.7. The molecule has 0 aliphatic carbocycles. The van der Waals surface area contributed by atoms with Crippen LogP contribution in [-0.2, 0) is 16.6 Å². The first-order valence-corrected chi connectivity index (χ1v) is 8.58. The fraction of sp³-hybridized carbons (Fsp3) is 0.0714. The van der Waals surface area contributed by atoms with Crippen LogP contribution < -0.4 is 4.72 Å². The topological polar surface area (TPSA) is 107 Å². The van der Waals surface area contributed by atoms with Gasteiger partial charge in [0.1, 0.15) is 5.65 Å². The largest absolute Gasteiger partial charge is 0.305 e. The fourth-order valence-electron chi connectivity index (χ4n) is 2.10. The van der Waals surface area contributed by atoms with Gasteiger partial charge in [-0.25, -0.2) is 18.1 Å². The molecule has 0 fully saturated rings. The highest BCUT2D eigenvalue weighted by atomic mass is 35.5. The molecule has 8 nitrogen and oxygen atoms in total. The summed E-state index contributed by atoms with van der Waals surface area (Å²) >= 11 is 5.88. The molecule has 10 heteroatoms. The molecule has 0 unspecified atom stereocenters. The van der Waals surface area contributed by atoms with Gasteiger partial charge in [0.2, 0.25) is 10.0 Å². The number of nitrogens with one attached hydrogen (secondary N) is 1. The molecule has 2 aromatic heterocycles. The SMILES string of the molecule is O=[N+]([O-])c1ccc(S(=O)(=O)NCc2cn3cc(Cl)ccc3n2)cc1. The lowest BCUT2D eigenvalue weighted by molar-refractivity contribution is -0.384. The number of aromatic nitrogens is 2. The van der Waals surface area contributed by atoms with Crippen LogP contribution >= 0.6 is 11.6 Å². The van der Waals surface area contributed by atoms with E-state index < -0.39 is 14.9 Å². The van der Waals surface area contributed by atoms with Crippen molar-refractivity contribution >= 4 is 33.0 Å². The maximum atomic E-state index is 12.2. The van der Waals surface area contributed by atoms with Crippen molar-refractivity contribution in [2.75, 3.05) is 0 Å². The summed E-state index contributed by atoms with van der Waals surface area (Å²) in [5.74, 6) is 0. The Kier molecular flexibility index (Phi) is 4.22. The summed E-state index contributed by atoms with van der Waals surface area (Å²) in [5, 5.41) is 11.1. The van der Waals surface area contributed by atoms with Gasteiger partial charge in [-0.2, -0.15) is 0 Å². The van der Waals surface area contributed by atoms with Gasteiger partial charge in [0.05, 0.1) is 27.1 Å². The minimum Gasteiger partial charge on any atom is -0.305 e. The van der Waals surface area contributed by atoms with Crippen molar-refractivity contribution in [1.82, 2.24) is 14.1 Å². The quantitative estimate of drug-likeness (QED) is 0.551. The molecule has 124 valence electrons. The van der Waals surface area contributed by atoms with E-state index in [1.807, 2.05) is 0 Å². The van der Waals surface area contributed by atoms with Gasteiger partial charge < -0.3 is 4.40 Å². The van der Waals surface area contributed by atoms with Gasteiger partial charge in [0.25, 0.3) is 5.69 Å². The summed E-state index contributed by atoms with van der Waals surface area (Å²) in [4.78, 5) is 14.2. The molecule has 0 spiro atoms. The molecule has 0 bridgehead atoms. The first kappa shape index (κ1) is 16.4. The Hall–Kier alpha value is -2.49. The second kappa shape index (κ2) is 6.19. The van der Waals surface area contributed by atoms with E-state index in [4.69, 9.17) is 11.6 Å². The second-order valence-corrected chi connectivity index (χ2v) is 7.12. The lowest BCUT2D eigenvalue weighted by atomic mass is 10.3. The molecule has 1 N–H and O–H groups in total. The smallest absolute Gasteiger partial charge is 0.269 e. The minimum absolute atomic E-state index is 0.0153. The third-order valence-electron chi connectivity index (χ3n) is 3.27. The Morgan fingerprint density at radius 1 is 1.17 bits per heavy atom. The van der Waals surface area contributed by atoms with E-state index in [0.29, 0.717) is 16.4 Å². The number of halogens is 1. The number of hydrogen-bond donors (Lipinski definition) is 1. The van der Waals surface area contributed by atoms with Crippen LogP contribution in [0.4, 0.5) is 5.69 Å². The number of nitro benzene ring substituents is 1. The van der Waals surface area contributed by atoms with Gasteiger partial charge in [-0.15, -0.1) is 0 Å². The van der Waals surface area contributed by atoms with Crippen molar-refractivity contribution in [2.45, 2.75) is 11.4 Å². The molecule has 0 atom stereocenters. The zero-order valence-corrected chi connectivity index (χ0v) is 13.7. The number of nitrogens with zero attached hydrogens (tertiary/aromatic N) is 3. The van der Waals surface area contributed by atoms with Crippen molar-refractivity contribution in [2.24, 2.45) is 0 Å². The van der Waals surface area contributed by atoms with E-state index in [9.17, 15) is 18.5 Å². The van der Waals surface area contributed by atoms with E-state index in [1.165, 1.54) is 12.1 Å². The Bertz CT molecular complexity index is 1010. The highest BCUT2D eigenvalue weighted by molar-refractivity contribution is 7.89. The summed E-state index contributed by atoms with van der Waals surface area (Å²) in [6, 6.07) is 8.06. The monoisotopic (exact) mass is 366 g/mol. The molecule has 0 aliphatic heterocycles. The molecular formula is C14H11ClN4O4S. The summed E-state index contributed by atoms with van der Waals surface area (Å²) in [5.41, 5.74) is 0.984. The Balaban J connectivity index is 1.77. The third-order valence-corrected chi connectivity index (χ3v) is 4.91. The standard InChI is InChI=1S/C14H11ClN4O4S/c15-10-1-6-14-17-11(9-18(14)8-10)7-16-24(22,23)13-4-2-12(3-5-13)19(20)21/h1-6,8-9,16H,7H2. The molecule has 0 amide bonds. The molecule has 0 saturated heterocycles. The highest BCUT2D eigenvalue weighted by Crippen LogP contribution is 2.16. The van der Waals surface area contributed by atoms with Gasteiger partial charge in [-0.1, -0.05) is 11.6 Å². The highest BCUT2D eigenvalue weighted by Gasteiger charge is 2.16. The average Bonchev–Trinajstić information content (AvgIpc) is 2.95. The van der Waals surface area contributed by atoms with Crippen LogP contribution in [0, 0.1) is 10.1 Å². The summed E-state index contributed by atoms with van der Waals surface area (Å²) < 4.78 is 28.5. The average molecular weight is 367 g/mol. The van der Waals surface area contributed by atoms with Crippen molar-refractivity contribution in [1.29, 1.82) is 0 Å². The summed E-state index contributed by atoms with van der Waals surface area (Å²) in [6.45, 7) is -0.0153. The zero-order valence-electron chi connectivity index (χ0n) is 12.1. The van der Waals surface area contributed by atoms with Gasteiger partial charge in [-0.05, 0) is 24.3 Å². The van der Waals surface area contributed by atoms with Gasteiger partial charge in [0.15, 0.2) is 0 Å². The number of benzene rings is 1. The van der Waals surface area contributed by atoms with Crippen LogP contribution in [0.3, 0.4) is 0 Å². The predicted molar refractivity (Wildman–Crippen MR) is 87.3 cm³/mol. The van der Waals surface area contributed by atoms with Crippen LogP contribution in [0.25, 0.3) is 5.65 Å². The number of fused-ring (bicyclic) bond motifs is 1. The van der Waals surface area contributed by atoms with E-state index in [0.717, 1.165) is 12.1 Å². The minimum atomic E-state index is -3.79. The van der Waals surface area contributed by atoms with Gasteiger partial charge >= 0.3 is 0 Å². The second-order valence-electron chi connectivity index (χ2n) is 4.92. The predicted octanol–water partition coefficient (Wildman–Crippen LogP) is 2.37. The molecule has 0 saturated carbocycles. The molecule has 24 heavy (non-hydrogen) atoms. The van der Waals surface area contributed by atoms with Crippen LogP contribution in [0.5, 0.6) is 0 Å². The van der Waals surface area contributed by atoms with Gasteiger partial charge in [0, 0.05) is 24.5 Å². The lowest BCUT2D eigenvalue weighted by Gasteiger charge is -2.04. The first-order valence-electron chi connectivity index (χ1n) is 6.72. The van der Waals surface area contributed by atoms with E-state index in [-0.39, 0.29) is 17.1 Å². The van der Waals surface area contributed by atoms with E-state index in [1.54, 1.807) is 28.9 Å². The summed E-state index contributed by atoms with van der Waals surface area (Å²) in [7, 11) is -3.79. The number of hydrogen-bond acceptors (Lipinski definition) is 5. The van der Waals surface area contributed by atoms with Gasteiger partial charge in [-0.3, -0.25) is 10.1 Å². The van der Waals surface area contributed by atoms with Crippen LogP contribution in [0.1, 0.15) is 5.69 Å². The lowest BCUT2D eigenvalue weighted by Crippen LogP contribution is -2.23. The molecule has 0 aliphatic rings. The third kappa shape index (κ3) is 3.37. The van der Waals surface area contributed by atoms with Crippen LogP contribution in [0.2, 0.25) is 5.02 Å². The maximum absolute atomic E-state index is 12.2. The van der Waals surface area contributed by atoms with Crippen LogP contribution in [-0.4, -0.2) is 22.7 Å². The Morgan fingerprint density at radius 3 is 2.54 bits per heavy atom. The molecule has 1 aromatic carbocycles. The Labute approximate surface area is 141 Å². The number of non-ortho nitro benzene ring substituents is 1. The first-order chi connectivity index (χ1) is 11.3. The van der Waals surface area contributed by atoms with Crippen LogP contribution in [0.15, 0.2) is 53.7 Å². The number of imidazole rings is 1. The fourth-order valence-corrected chi connectivity index (χ4v) is 3.27. The van der Waals surface area contributed by atoms with E-state index >= 15 is 0 Å². The van der Waals surface area contributed by atoms with Crippen molar-refractivity contribution in [3.8, 4) is 0 Å². The number of nitro groups is 1. The maximum Gasteiger partial charge on any atom is 0.269 e. The molecule has 0 radical (unpaired) electrons. The van der Waals surface area contributed by atoms with E-state index in [2.05, 4.69) is 9.71 Å². The van der Waals surface area contributed by atoms with Crippen molar-refractivity contribution < 1.29 is 13.3 Å². The Morgan fingerprint density at radius 2 is 1.88 bits per heavy atom. The molecule has 2 heterocycles.